The number of rotatable bonds is 4. The second kappa shape index (κ2) is 6.20. The fraction of sp³-hybridized carbons (Fsp3) is 0.273. The van der Waals surface area contributed by atoms with Crippen molar-refractivity contribution < 1.29 is 18.7 Å². The first kappa shape index (κ1) is 13.4. The first-order valence-corrected chi connectivity index (χ1v) is 5.22. The molecule has 17 heavy (non-hydrogen) atoms. The van der Waals surface area contributed by atoms with Gasteiger partial charge >= 0.3 is 5.97 Å². The van der Waals surface area contributed by atoms with E-state index in [4.69, 9.17) is 11.6 Å². The van der Waals surface area contributed by atoms with Gasteiger partial charge in [0.1, 0.15) is 5.82 Å². The van der Waals surface area contributed by atoms with E-state index in [-0.39, 0.29) is 18.5 Å². The number of halogens is 2. The molecular weight excluding hydrogens is 249 g/mol. The number of nitrogens with one attached hydrogen (secondary N) is 1. The minimum absolute atomic E-state index is 0.00707. The number of amides is 1. The zero-order valence-corrected chi connectivity index (χ0v) is 9.88. The van der Waals surface area contributed by atoms with E-state index in [0.29, 0.717) is 5.02 Å². The molecular formula is C11H11ClFNO3. The molecule has 0 heterocycles. The van der Waals surface area contributed by atoms with Gasteiger partial charge in [0, 0.05) is 11.4 Å². The van der Waals surface area contributed by atoms with Gasteiger partial charge in [0.05, 0.1) is 19.2 Å². The molecule has 4 nitrogen and oxygen atoms in total. The Morgan fingerprint density at radius 2 is 2.12 bits per heavy atom. The van der Waals surface area contributed by atoms with E-state index in [1.807, 2.05) is 0 Å². The van der Waals surface area contributed by atoms with Crippen molar-refractivity contribution in [1.29, 1.82) is 0 Å². The third-order valence-corrected chi connectivity index (χ3v) is 2.22. The first-order valence-electron chi connectivity index (χ1n) is 4.84. The molecule has 0 spiro atoms. The van der Waals surface area contributed by atoms with Crippen LogP contribution < -0.4 is 5.32 Å². The van der Waals surface area contributed by atoms with Gasteiger partial charge in [0.2, 0.25) is 5.91 Å². The molecule has 1 amide bonds. The van der Waals surface area contributed by atoms with Crippen LogP contribution in [0.15, 0.2) is 18.2 Å². The zero-order valence-electron chi connectivity index (χ0n) is 9.13. The Kier molecular flexibility index (Phi) is 4.90. The molecule has 0 aliphatic rings. The van der Waals surface area contributed by atoms with Crippen LogP contribution in [0.1, 0.15) is 12.8 Å². The first-order chi connectivity index (χ1) is 8.02. The molecule has 1 aromatic carbocycles. The fourth-order valence-corrected chi connectivity index (χ4v) is 1.30. The Morgan fingerprint density at radius 3 is 2.76 bits per heavy atom. The van der Waals surface area contributed by atoms with E-state index in [2.05, 4.69) is 10.1 Å². The lowest BCUT2D eigenvalue weighted by atomic mass is 10.2. The van der Waals surface area contributed by atoms with Gasteiger partial charge in [-0.15, -0.1) is 0 Å². The molecule has 0 aliphatic carbocycles. The van der Waals surface area contributed by atoms with E-state index in [1.54, 1.807) is 0 Å². The predicted octanol–water partition coefficient (Wildman–Crippen LogP) is 2.37. The molecule has 0 aromatic heterocycles. The highest BCUT2D eigenvalue weighted by molar-refractivity contribution is 6.30. The van der Waals surface area contributed by atoms with Gasteiger partial charge < -0.3 is 10.1 Å². The quantitative estimate of drug-likeness (QED) is 0.845. The minimum atomic E-state index is -0.583. The molecule has 0 unspecified atom stereocenters. The van der Waals surface area contributed by atoms with Crippen molar-refractivity contribution in [1.82, 2.24) is 0 Å². The number of carbonyl (C=O) groups excluding carboxylic acids is 2. The standard InChI is InChI=1S/C11H11ClFNO3/c1-17-11(16)5-4-10(15)14-9-6-7(12)2-3-8(9)13/h2-3,6H,4-5H2,1H3,(H,14,15). The van der Waals surface area contributed by atoms with E-state index in [9.17, 15) is 14.0 Å². The van der Waals surface area contributed by atoms with Crippen molar-refractivity contribution in [2.75, 3.05) is 12.4 Å². The Bertz CT molecular complexity index is 437. The third kappa shape index (κ3) is 4.40. The summed E-state index contributed by atoms with van der Waals surface area (Å²) in [4.78, 5) is 22.2. The van der Waals surface area contributed by atoms with Crippen molar-refractivity contribution in [2.24, 2.45) is 0 Å². The smallest absolute Gasteiger partial charge is 0.306 e. The second-order valence-electron chi connectivity index (χ2n) is 3.25. The topological polar surface area (TPSA) is 55.4 Å². The average Bonchev–Trinajstić information content (AvgIpc) is 2.30. The van der Waals surface area contributed by atoms with E-state index in [0.717, 1.165) is 6.07 Å². The van der Waals surface area contributed by atoms with Crippen molar-refractivity contribution in [2.45, 2.75) is 12.8 Å². The van der Waals surface area contributed by atoms with Crippen LogP contribution in [-0.2, 0) is 14.3 Å². The molecule has 0 aliphatic heterocycles. The maximum Gasteiger partial charge on any atom is 0.306 e. The number of hydrogen-bond donors (Lipinski definition) is 1. The normalized spacial score (nSPS) is 9.82. The Morgan fingerprint density at radius 1 is 1.41 bits per heavy atom. The second-order valence-corrected chi connectivity index (χ2v) is 3.68. The predicted molar refractivity (Wildman–Crippen MR) is 61.3 cm³/mol. The van der Waals surface area contributed by atoms with Gasteiger partial charge in [-0.3, -0.25) is 9.59 Å². The SMILES string of the molecule is COC(=O)CCC(=O)Nc1cc(Cl)ccc1F. The molecule has 1 N–H and O–H groups in total. The Balaban J connectivity index is 2.56. The van der Waals surface area contributed by atoms with Gasteiger partial charge in [-0.1, -0.05) is 11.6 Å². The van der Waals surface area contributed by atoms with Crippen LogP contribution in [-0.4, -0.2) is 19.0 Å². The maximum atomic E-state index is 13.2. The Labute approximate surface area is 103 Å². The van der Waals surface area contributed by atoms with E-state index in [1.165, 1.54) is 19.2 Å². The Hall–Kier alpha value is -1.62. The van der Waals surface area contributed by atoms with Crippen molar-refractivity contribution in [3.05, 3.63) is 29.0 Å². The molecule has 0 fully saturated rings. The number of carbonyl (C=O) groups is 2. The number of hydrogen-bond acceptors (Lipinski definition) is 3. The molecule has 0 saturated carbocycles. The number of methoxy groups -OCH3 is 1. The van der Waals surface area contributed by atoms with E-state index >= 15 is 0 Å². The molecule has 1 aromatic rings. The van der Waals surface area contributed by atoms with Gasteiger partial charge in [-0.25, -0.2) is 4.39 Å². The fourth-order valence-electron chi connectivity index (χ4n) is 1.12. The van der Waals surface area contributed by atoms with Gasteiger partial charge in [-0.2, -0.15) is 0 Å². The lowest BCUT2D eigenvalue weighted by molar-refractivity contribution is -0.141. The van der Waals surface area contributed by atoms with Crippen LogP contribution in [0.4, 0.5) is 10.1 Å². The minimum Gasteiger partial charge on any atom is -0.469 e. The van der Waals surface area contributed by atoms with Crippen molar-refractivity contribution in [3.8, 4) is 0 Å². The molecule has 0 atom stereocenters. The molecule has 0 saturated heterocycles. The lowest BCUT2D eigenvalue weighted by Gasteiger charge is -2.06. The summed E-state index contributed by atoms with van der Waals surface area (Å²) in [6.45, 7) is 0. The monoisotopic (exact) mass is 259 g/mol. The third-order valence-electron chi connectivity index (χ3n) is 1.99. The van der Waals surface area contributed by atoms with Crippen LogP contribution in [0.5, 0.6) is 0 Å². The van der Waals surface area contributed by atoms with Crippen molar-refractivity contribution >= 4 is 29.2 Å². The summed E-state index contributed by atoms with van der Waals surface area (Å²) < 4.78 is 17.6. The lowest BCUT2D eigenvalue weighted by Crippen LogP contribution is -2.14. The highest BCUT2D eigenvalue weighted by Crippen LogP contribution is 2.19. The van der Waals surface area contributed by atoms with E-state index < -0.39 is 17.7 Å². The number of esters is 1. The highest BCUT2D eigenvalue weighted by Gasteiger charge is 2.10. The summed E-state index contributed by atoms with van der Waals surface area (Å²) in [6, 6.07) is 3.83. The summed E-state index contributed by atoms with van der Waals surface area (Å²) >= 11 is 5.66. The number of benzene rings is 1. The van der Waals surface area contributed by atoms with Crippen LogP contribution >= 0.6 is 11.6 Å². The van der Waals surface area contributed by atoms with Crippen LogP contribution in [0.2, 0.25) is 5.02 Å². The number of ether oxygens (including phenoxy) is 1. The van der Waals surface area contributed by atoms with Gasteiger partial charge in [0.15, 0.2) is 0 Å². The maximum absolute atomic E-state index is 13.2. The van der Waals surface area contributed by atoms with Crippen LogP contribution in [0.3, 0.4) is 0 Å². The molecule has 1 rings (SSSR count). The molecule has 92 valence electrons. The largest absolute Gasteiger partial charge is 0.469 e. The van der Waals surface area contributed by atoms with Crippen molar-refractivity contribution in [3.63, 3.8) is 0 Å². The molecule has 0 bridgehead atoms. The summed E-state index contributed by atoms with van der Waals surface area (Å²) in [5, 5.41) is 2.64. The van der Waals surface area contributed by atoms with Gasteiger partial charge in [0.25, 0.3) is 0 Å². The molecule has 6 heteroatoms. The summed E-state index contributed by atoms with van der Waals surface area (Å²) in [7, 11) is 1.23. The van der Waals surface area contributed by atoms with Crippen LogP contribution in [0.25, 0.3) is 0 Å². The number of anilines is 1. The summed E-state index contributed by atoms with van der Waals surface area (Å²) in [6.07, 6.45) is -0.122. The summed E-state index contributed by atoms with van der Waals surface area (Å²) in [5.41, 5.74) is -0.00707. The summed E-state index contributed by atoms with van der Waals surface area (Å²) in [5.74, 6) is -1.55. The average molecular weight is 260 g/mol. The zero-order chi connectivity index (χ0) is 12.8. The van der Waals surface area contributed by atoms with Crippen LogP contribution in [0, 0.1) is 5.82 Å². The highest BCUT2D eigenvalue weighted by atomic mass is 35.5. The molecule has 0 radical (unpaired) electrons. The van der Waals surface area contributed by atoms with Gasteiger partial charge in [-0.05, 0) is 18.2 Å².